The molecule has 11 atom stereocenters. The lowest BCUT2D eigenvalue weighted by molar-refractivity contribution is -0.184. The summed E-state index contributed by atoms with van der Waals surface area (Å²) >= 11 is 6.41. The van der Waals surface area contributed by atoms with Crippen molar-refractivity contribution in [1.82, 2.24) is 60.0 Å². The summed E-state index contributed by atoms with van der Waals surface area (Å²) in [4.78, 5) is 192. The molecule has 108 heavy (non-hydrogen) atoms. The number of methoxy groups -OCH3 is 1. The van der Waals surface area contributed by atoms with E-state index in [2.05, 4.69) is 16.0 Å². The second kappa shape index (κ2) is 39.6. The first kappa shape index (κ1) is 88.6. The van der Waals surface area contributed by atoms with Crippen LogP contribution in [0, 0.1) is 41.4 Å². The molecule has 33 heteroatoms. The summed E-state index contributed by atoms with van der Waals surface area (Å²) in [7, 11) is 9.59. The highest BCUT2D eigenvalue weighted by atomic mass is 35.5. The number of carbonyl (C=O) groups is 12. The van der Waals surface area contributed by atoms with Crippen LogP contribution < -0.4 is 16.0 Å². The number of morpholine rings is 1. The standard InChI is InChI=1S/C75H119ClF6N12O14/c1-12-47(4)63-70(104)88(7)44-61(97)86(5)45-62(98)93(33-18-36-107-11)58(41-49-22-26-51(27-23-49)74(77,78)79)68(102)87(6)43-59(95)83-54(29-25-48-24-28-52(53(76)40-48)75(80,81)82)67(101)94-32-17-21-55(94)66(100)85-73(30-15-16-31-73)72(106)91(10)64(50-19-13-14-20-50)71(105)90(9)57(69(103)92-34-37-108-38-35-92)42-60(96)89(8)56(39-46(2)3)65(99)84-63/h46-58,63-64H,12-45H2,1-11H3,(H,83,95)(H,84,99)(H,85,100)/t47-,48?,49?,51?,52?,53?,54-,55-,56-,57-,58-,63-,64-/m0/s1. The fraction of sp³-hybridized carbons (Fsp3) is 0.840. The van der Waals surface area contributed by atoms with E-state index >= 15 is 33.6 Å². The van der Waals surface area contributed by atoms with Crippen LogP contribution in [0.3, 0.4) is 0 Å². The Bertz CT molecular complexity index is 3130. The quantitative estimate of drug-likeness (QED) is 0.0944. The van der Waals surface area contributed by atoms with Crippen molar-refractivity contribution >= 4 is 82.5 Å². The summed E-state index contributed by atoms with van der Waals surface area (Å²) in [6.07, 6.45) is -6.03. The topological polar surface area (TPSA) is 289 Å². The zero-order chi connectivity index (χ0) is 79.9. The van der Waals surface area contributed by atoms with Gasteiger partial charge in [0.1, 0.15) is 47.8 Å². The van der Waals surface area contributed by atoms with Gasteiger partial charge in [-0.3, -0.25) is 57.5 Å². The van der Waals surface area contributed by atoms with Crippen molar-refractivity contribution in [3.8, 4) is 0 Å². The SMILES string of the molecule is CC[C@H](C)[C@@H]1NC(=O)[C@H](CC(C)C)N(C)C(=O)C[C@@H](C(=O)N2CCOCC2)N(C)C(=O)[C@H](C2CCCC2)N(C)C(=O)C2(CCCC2)NC(=O)[C@@H]2CCCN2C(=O)[C@H](CCC2CCC(C(F)(F)F)C(Cl)C2)NC(=O)CN(C)C(=O)[C@H](CC2CCC(C(F)(F)F)CC2)N(CCCOC)C(=O)CN(C)C(=O)CN(C)C1=O. The largest absolute Gasteiger partial charge is 0.393 e. The molecule has 3 heterocycles. The molecule has 3 unspecified atom stereocenters. The Morgan fingerprint density at radius 2 is 1.26 bits per heavy atom. The Hall–Kier alpha value is -6.57. The second-order valence-electron chi connectivity index (χ2n) is 32.1. The van der Waals surface area contributed by atoms with E-state index < -0.39 is 198 Å². The Morgan fingerprint density at radius 3 is 1.85 bits per heavy atom. The first-order valence-electron chi connectivity index (χ1n) is 39.0. The van der Waals surface area contributed by atoms with E-state index in [1.165, 1.54) is 78.8 Å². The first-order chi connectivity index (χ1) is 50.8. The number of nitrogens with zero attached hydrogens (tertiary/aromatic N) is 9. The molecule has 3 saturated heterocycles. The van der Waals surface area contributed by atoms with Gasteiger partial charge in [-0.25, -0.2) is 0 Å². The van der Waals surface area contributed by atoms with E-state index in [0.717, 1.165) is 14.7 Å². The van der Waals surface area contributed by atoms with Crippen molar-refractivity contribution in [2.24, 2.45) is 41.4 Å². The molecule has 7 fully saturated rings. The van der Waals surface area contributed by atoms with E-state index in [1.807, 2.05) is 13.8 Å². The number of hydrogen-bond acceptors (Lipinski definition) is 14. The molecule has 4 aliphatic carbocycles. The van der Waals surface area contributed by atoms with Crippen LogP contribution in [0.25, 0.3) is 0 Å². The Kier molecular flexibility index (Phi) is 32.5. The third kappa shape index (κ3) is 22.8. The van der Waals surface area contributed by atoms with Gasteiger partial charge < -0.3 is 69.5 Å². The minimum atomic E-state index is -4.56. The lowest BCUT2D eigenvalue weighted by Gasteiger charge is -2.42. The molecule has 1 spiro atoms. The fourth-order valence-electron chi connectivity index (χ4n) is 17.2. The maximum absolute atomic E-state index is 15.7. The zero-order valence-electron chi connectivity index (χ0n) is 65.1. The lowest BCUT2D eigenvalue weighted by Crippen LogP contribution is -2.65. The number of amides is 12. The highest BCUT2D eigenvalue weighted by Crippen LogP contribution is 2.45. The summed E-state index contributed by atoms with van der Waals surface area (Å²) in [5.74, 6) is -14.3. The number of halogens is 7. The van der Waals surface area contributed by atoms with E-state index in [-0.39, 0.29) is 155 Å². The smallest absolute Gasteiger partial charge is 0.385 e. The van der Waals surface area contributed by atoms with E-state index in [0.29, 0.717) is 44.9 Å². The molecule has 4 saturated carbocycles. The van der Waals surface area contributed by atoms with Crippen LogP contribution in [0.1, 0.15) is 182 Å². The van der Waals surface area contributed by atoms with Gasteiger partial charge >= 0.3 is 12.4 Å². The van der Waals surface area contributed by atoms with Crippen molar-refractivity contribution < 1.29 is 93.4 Å². The van der Waals surface area contributed by atoms with Crippen LogP contribution in [0.2, 0.25) is 0 Å². The zero-order valence-corrected chi connectivity index (χ0v) is 65.8. The molecule has 7 aliphatic rings. The Labute approximate surface area is 637 Å². The van der Waals surface area contributed by atoms with Gasteiger partial charge in [0.05, 0.1) is 51.1 Å². The molecule has 0 aromatic rings. The molecule has 12 amide bonds. The molecule has 0 aromatic carbocycles. The molecule has 612 valence electrons. The molecule has 3 N–H and O–H groups in total. The minimum Gasteiger partial charge on any atom is -0.385 e. The highest BCUT2D eigenvalue weighted by Gasteiger charge is 2.53. The van der Waals surface area contributed by atoms with Gasteiger partial charge in [-0.2, -0.15) is 26.3 Å². The summed E-state index contributed by atoms with van der Waals surface area (Å²) in [6, 6.07) is -9.39. The number of likely N-dealkylation sites (N-methyl/N-ethyl adjacent to an activating group) is 6. The summed E-state index contributed by atoms with van der Waals surface area (Å²) < 4.78 is 95.5. The monoisotopic (exact) mass is 1560 g/mol. The van der Waals surface area contributed by atoms with Gasteiger partial charge in [0, 0.05) is 87.6 Å². The molecule has 7 rings (SSSR count). The maximum atomic E-state index is 15.7. The summed E-state index contributed by atoms with van der Waals surface area (Å²) in [6.45, 7) is 5.57. The number of carbonyl (C=O) groups excluding carboxylic acids is 12. The third-order valence-corrected chi connectivity index (χ3v) is 24.5. The average molecular weight is 1560 g/mol. The minimum absolute atomic E-state index is 0.00438. The molecular formula is C75H119ClF6N12O14. The van der Waals surface area contributed by atoms with Gasteiger partial charge in [0.25, 0.3) is 0 Å². The van der Waals surface area contributed by atoms with Crippen LogP contribution >= 0.6 is 11.6 Å². The van der Waals surface area contributed by atoms with Crippen molar-refractivity contribution in [3.05, 3.63) is 0 Å². The first-order valence-corrected chi connectivity index (χ1v) is 39.5. The van der Waals surface area contributed by atoms with Crippen molar-refractivity contribution in [3.63, 3.8) is 0 Å². The van der Waals surface area contributed by atoms with Crippen LogP contribution in [0.4, 0.5) is 26.3 Å². The fourth-order valence-corrected chi connectivity index (χ4v) is 17.7. The molecular weight excluding hydrogens is 1440 g/mol. The lowest BCUT2D eigenvalue weighted by atomic mass is 9.78. The summed E-state index contributed by atoms with van der Waals surface area (Å²) in [5.41, 5.74) is -1.62. The number of hydrogen-bond donors (Lipinski definition) is 3. The number of nitrogens with one attached hydrogen (secondary N) is 3. The van der Waals surface area contributed by atoms with Crippen LogP contribution in [-0.2, 0) is 67.0 Å². The Balaban J connectivity index is 1.30. The predicted molar refractivity (Wildman–Crippen MR) is 387 cm³/mol. The van der Waals surface area contributed by atoms with Gasteiger partial charge in [-0.1, -0.05) is 59.8 Å². The van der Waals surface area contributed by atoms with E-state index in [1.54, 1.807) is 13.8 Å². The molecule has 3 aliphatic heterocycles. The molecule has 0 aromatic heterocycles. The average Bonchev–Trinajstić information content (AvgIpc) is 1.62. The Morgan fingerprint density at radius 1 is 0.639 bits per heavy atom. The molecule has 0 bridgehead atoms. The highest BCUT2D eigenvalue weighted by molar-refractivity contribution is 6.21. The van der Waals surface area contributed by atoms with Crippen molar-refractivity contribution in [1.29, 1.82) is 0 Å². The number of rotatable bonds is 15. The van der Waals surface area contributed by atoms with Gasteiger partial charge in [0.2, 0.25) is 70.9 Å². The normalized spacial score (nSPS) is 30.0. The maximum Gasteiger partial charge on any atom is 0.393 e. The van der Waals surface area contributed by atoms with Gasteiger partial charge in [0.15, 0.2) is 0 Å². The van der Waals surface area contributed by atoms with Gasteiger partial charge in [-0.05, 0) is 145 Å². The summed E-state index contributed by atoms with van der Waals surface area (Å²) in [5, 5.41) is 7.41. The van der Waals surface area contributed by atoms with Crippen LogP contribution in [0.5, 0.6) is 0 Å². The van der Waals surface area contributed by atoms with E-state index in [4.69, 9.17) is 21.1 Å². The van der Waals surface area contributed by atoms with Gasteiger partial charge in [-0.15, -0.1) is 11.6 Å². The van der Waals surface area contributed by atoms with Crippen molar-refractivity contribution in [2.45, 2.75) is 247 Å². The third-order valence-electron chi connectivity index (χ3n) is 24.0. The number of ether oxygens (including phenoxy) is 2. The number of fused-ring (bicyclic) bond motifs is 1. The molecule has 26 nitrogen and oxygen atoms in total. The molecule has 0 radical (unpaired) electrons. The van der Waals surface area contributed by atoms with Crippen LogP contribution in [0.15, 0.2) is 0 Å². The van der Waals surface area contributed by atoms with E-state index in [9.17, 15) is 50.3 Å². The number of alkyl halides is 7. The predicted octanol–water partition coefficient (Wildman–Crippen LogP) is 6.14. The second-order valence-corrected chi connectivity index (χ2v) is 32.7. The van der Waals surface area contributed by atoms with Crippen molar-refractivity contribution in [2.75, 3.05) is 115 Å². The van der Waals surface area contributed by atoms with Crippen LogP contribution in [-0.4, -0.2) is 296 Å².